The van der Waals surface area contributed by atoms with E-state index in [-0.39, 0.29) is 0 Å². The zero-order chi connectivity index (χ0) is 12.7. The fourth-order valence-electron chi connectivity index (χ4n) is 2.20. The average molecular weight is 235 g/mol. The molecule has 2 unspecified atom stereocenters. The maximum atomic E-state index is 9.46. The van der Waals surface area contributed by atoms with Crippen LogP contribution in [0.25, 0.3) is 0 Å². The first-order valence-electron chi connectivity index (χ1n) is 6.68. The number of hydrogen-bond acceptors (Lipinski definition) is 2. The highest BCUT2D eigenvalue weighted by atomic mass is 16.3. The van der Waals surface area contributed by atoms with E-state index in [4.69, 9.17) is 0 Å². The van der Waals surface area contributed by atoms with E-state index in [9.17, 15) is 5.11 Å². The number of nitrogens with one attached hydrogen (secondary N) is 1. The summed E-state index contributed by atoms with van der Waals surface area (Å²) in [5, 5.41) is 13.0. The summed E-state index contributed by atoms with van der Waals surface area (Å²) >= 11 is 0. The van der Waals surface area contributed by atoms with Gasteiger partial charge in [0.25, 0.3) is 0 Å². The Bertz CT molecular complexity index is 324. The maximum absolute atomic E-state index is 9.46. The van der Waals surface area contributed by atoms with Crippen LogP contribution in [-0.4, -0.2) is 17.7 Å². The van der Waals surface area contributed by atoms with E-state index in [1.165, 1.54) is 12.0 Å². The lowest BCUT2D eigenvalue weighted by molar-refractivity contribution is 0.362. The van der Waals surface area contributed by atoms with E-state index in [0.717, 1.165) is 19.4 Å². The molecule has 0 radical (unpaired) electrons. The van der Waals surface area contributed by atoms with Crippen molar-refractivity contribution in [2.75, 3.05) is 6.54 Å². The summed E-state index contributed by atoms with van der Waals surface area (Å²) < 4.78 is 0. The number of hydrogen-bond donors (Lipinski definition) is 2. The van der Waals surface area contributed by atoms with Gasteiger partial charge in [-0.15, -0.1) is 0 Å². The summed E-state index contributed by atoms with van der Waals surface area (Å²) in [4.78, 5) is 0. The second-order valence-corrected chi connectivity index (χ2v) is 4.79. The van der Waals surface area contributed by atoms with E-state index in [0.29, 0.717) is 17.7 Å². The Hall–Kier alpha value is -1.02. The highest BCUT2D eigenvalue weighted by Crippen LogP contribution is 2.19. The summed E-state index contributed by atoms with van der Waals surface area (Å²) in [7, 11) is 0. The van der Waals surface area contributed by atoms with Crippen LogP contribution in [0.5, 0.6) is 5.75 Å². The maximum Gasteiger partial charge on any atom is 0.115 e. The fourth-order valence-corrected chi connectivity index (χ4v) is 2.20. The van der Waals surface area contributed by atoms with Gasteiger partial charge in [-0.2, -0.15) is 0 Å². The van der Waals surface area contributed by atoms with Gasteiger partial charge in [0, 0.05) is 6.04 Å². The zero-order valence-corrected chi connectivity index (χ0v) is 11.2. The van der Waals surface area contributed by atoms with Crippen molar-refractivity contribution in [1.82, 2.24) is 5.32 Å². The second-order valence-electron chi connectivity index (χ2n) is 4.79. The van der Waals surface area contributed by atoms with Gasteiger partial charge in [0.1, 0.15) is 5.75 Å². The third kappa shape index (κ3) is 4.78. The van der Waals surface area contributed by atoms with Crippen LogP contribution >= 0.6 is 0 Å². The summed E-state index contributed by atoms with van der Waals surface area (Å²) in [6.07, 6.45) is 3.36. The van der Waals surface area contributed by atoms with Crippen molar-refractivity contribution < 1.29 is 5.11 Å². The van der Waals surface area contributed by atoms with Crippen LogP contribution < -0.4 is 5.32 Å². The predicted molar refractivity (Wildman–Crippen MR) is 73.3 cm³/mol. The zero-order valence-electron chi connectivity index (χ0n) is 11.2. The molecule has 0 spiro atoms. The molecule has 2 heteroatoms. The quantitative estimate of drug-likeness (QED) is 0.759. The Balaban J connectivity index is 2.56. The van der Waals surface area contributed by atoms with Gasteiger partial charge >= 0.3 is 0 Å². The lowest BCUT2D eigenvalue weighted by Gasteiger charge is -2.24. The van der Waals surface area contributed by atoms with Crippen molar-refractivity contribution in [1.29, 1.82) is 0 Å². The SMILES string of the molecule is CCCNC(C)C(CC)Cc1cccc(O)c1. The molecule has 0 amide bonds. The molecule has 1 aromatic carbocycles. The van der Waals surface area contributed by atoms with Crippen LogP contribution in [0.15, 0.2) is 24.3 Å². The Morgan fingerprint density at radius 2 is 2.06 bits per heavy atom. The number of rotatable bonds is 7. The molecule has 2 nitrogen and oxygen atoms in total. The molecule has 0 aromatic heterocycles. The fraction of sp³-hybridized carbons (Fsp3) is 0.600. The van der Waals surface area contributed by atoms with E-state index in [1.807, 2.05) is 12.1 Å². The Labute approximate surface area is 105 Å². The third-order valence-corrected chi connectivity index (χ3v) is 3.36. The lowest BCUT2D eigenvalue weighted by atomic mass is 9.90. The first-order valence-corrected chi connectivity index (χ1v) is 6.68. The van der Waals surface area contributed by atoms with Gasteiger partial charge in [0.05, 0.1) is 0 Å². The van der Waals surface area contributed by atoms with Crippen molar-refractivity contribution in [3.8, 4) is 5.75 Å². The topological polar surface area (TPSA) is 32.3 Å². The molecule has 0 bridgehead atoms. The van der Waals surface area contributed by atoms with Crippen molar-refractivity contribution in [2.24, 2.45) is 5.92 Å². The highest BCUT2D eigenvalue weighted by molar-refractivity contribution is 5.27. The third-order valence-electron chi connectivity index (χ3n) is 3.36. The molecule has 0 aliphatic rings. The first kappa shape index (κ1) is 14.0. The standard InChI is InChI=1S/C15H25NO/c1-4-9-16-12(3)14(5-2)10-13-7-6-8-15(17)11-13/h6-8,11-12,14,16-17H,4-5,9-10H2,1-3H3. The van der Waals surface area contributed by atoms with Gasteiger partial charge < -0.3 is 10.4 Å². The molecule has 2 N–H and O–H groups in total. The van der Waals surface area contributed by atoms with Gasteiger partial charge in [0.2, 0.25) is 0 Å². The van der Waals surface area contributed by atoms with Crippen LogP contribution in [-0.2, 0) is 6.42 Å². The predicted octanol–water partition coefficient (Wildman–Crippen LogP) is 3.35. The normalized spacial score (nSPS) is 14.5. The highest BCUT2D eigenvalue weighted by Gasteiger charge is 2.15. The minimum absolute atomic E-state index is 0.367. The largest absolute Gasteiger partial charge is 0.508 e. The molecule has 0 saturated heterocycles. The molecule has 0 fully saturated rings. The Kier molecular flexibility index (Phi) is 6.06. The van der Waals surface area contributed by atoms with Crippen LogP contribution in [0.2, 0.25) is 0 Å². The van der Waals surface area contributed by atoms with Crippen LogP contribution in [0.1, 0.15) is 39.2 Å². The molecule has 0 aliphatic heterocycles. The van der Waals surface area contributed by atoms with E-state index >= 15 is 0 Å². The van der Waals surface area contributed by atoms with Gasteiger partial charge in [0.15, 0.2) is 0 Å². The Morgan fingerprint density at radius 1 is 1.29 bits per heavy atom. The summed E-state index contributed by atoms with van der Waals surface area (Å²) in [6, 6.07) is 8.14. The minimum atomic E-state index is 0.367. The van der Waals surface area contributed by atoms with Crippen molar-refractivity contribution in [3.05, 3.63) is 29.8 Å². The first-order chi connectivity index (χ1) is 8.17. The average Bonchev–Trinajstić information content (AvgIpc) is 2.33. The summed E-state index contributed by atoms with van der Waals surface area (Å²) in [5.41, 5.74) is 1.22. The number of phenols is 1. The molecule has 2 atom stereocenters. The Morgan fingerprint density at radius 3 is 2.65 bits per heavy atom. The van der Waals surface area contributed by atoms with Crippen LogP contribution in [0.4, 0.5) is 0 Å². The molecule has 0 aliphatic carbocycles. The van der Waals surface area contributed by atoms with Gasteiger partial charge in [-0.05, 0) is 49.9 Å². The summed E-state index contributed by atoms with van der Waals surface area (Å²) in [5.74, 6) is 0.995. The molecule has 17 heavy (non-hydrogen) atoms. The second kappa shape index (κ2) is 7.33. The monoisotopic (exact) mass is 235 g/mol. The van der Waals surface area contributed by atoms with Crippen LogP contribution in [0, 0.1) is 5.92 Å². The van der Waals surface area contributed by atoms with Crippen LogP contribution in [0.3, 0.4) is 0 Å². The van der Waals surface area contributed by atoms with Gasteiger partial charge in [-0.25, -0.2) is 0 Å². The summed E-state index contributed by atoms with van der Waals surface area (Å²) in [6.45, 7) is 7.76. The lowest BCUT2D eigenvalue weighted by Crippen LogP contribution is -2.34. The number of phenolic OH excluding ortho intramolecular Hbond substituents is 1. The molecular formula is C15H25NO. The van der Waals surface area contributed by atoms with E-state index in [2.05, 4.69) is 32.2 Å². The number of aromatic hydroxyl groups is 1. The number of benzene rings is 1. The van der Waals surface area contributed by atoms with Crippen molar-refractivity contribution in [2.45, 2.75) is 46.1 Å². The smallest absolute Gasteiger partial charge is 0.115 e. The van der Waals surface area contributed by atoms with Crippen molar-refractivity contribution in [3.63, 3.8) is 0 Å². The van der Waals surface area contributed by atoms with Gasteiger partial charge in [-0.3, -0.25) is 0 Å². The van der Waals surface area contributed by atoms with Crippen molar-refractivity contribution >= 4 is 0 Å². The molecule has 1 aromatic rings. The van der Waals surface area contributed by atoms with E-state index < -0.39 is 0 Å². The molecule has 96 valence electrons. The van der Waals surface area contributed by atoms with Gasteiger partial charge in [-0.1, -0.05) is 32.4 Å². The molecule has 0 heterocycles. The molecule has 0 saturated carbocycles. The van der Waals surface area contributed by atoms with E-state index in [1.54, 1.807) is 6.07 Å². The molecular weight excluding hydrogens is 210 g/mol. The minimum Gasteiger partial charge on any atom is -0.508 e. The molecule has 1 rings (SSSR count).